The molecule has 4 nitrogen and oxygen atoms in total. The summed E-state index contributed by atoms with van der Waals surface area (Å²) in [6, 6.07) is 18.2. The summed E-state index contributed by atoms with van der Waals surface area (Å²) < 4.78 is 19.7. The largest absolute Gasteiger partial charge is 0.436 e. The van der Waals surface area contributed by atoms with Crippen molar-refractivity contribution in [3.8, 4) is 11.5 Å². The first-order valence-electron chi connectivity index (χ1n) is 7.82. The minimum Gasteiger partial charge on any atom is -0.436 e. The Hall–Kier alpha value is -2.99. The number of hydrogen-bond acceptors (Lipinski definition) is 3. The van der Waals surface area contributed by atoms with Crippen molar-refractivity contribution < 1.29 is 13.6 Å². The highest BCUT2D eigenvalue weighted by Crippen LogP contribution is 2.31. The molecule has 4 aromatic rings. The van der Waals surface area contributed by atoms with Crippen LogP contribution in [0.1, 0.15) is 10.4 Å². The highest BCUT2D eigenvalue weighted by atomic mass is 79.9. The van der Waals surface area contributed by atoms with Crippen LogP contribution in [0.25, 0.3) is 22.6 Å². The fourth-order valence-electron chi connectivity index (χ4n) is 2.56. The number of nitrogens with zero attached hydrogens (tertiary/aromatic N) is 1. The Labute approximate surface area is 156 Å². The van der Waals surface area contributed by atoms with Gasteiger partial charge in [-0.05, 0) is 70.5 Å². The van der Waals surface area contributed by atoms with E-state index in [0.29, 0.717) is 28.2 Å². The van der Waals surface area contributed by atoms with Crippen LogP contribution in [0.5, 0.6) is 0 Å². The van der Waals surface area contributed by atoms with E-state index in [4.69, 9.17) is 4.42 Å². The molecule has 0 radical (unpaired) electrons. The first kappa shape index (κ1) is 16.5. The van der Waals surface area contributed by atoms with Crippen molar-refractivity contribution in [2.24, 2.45) is 0 Å². The van der Waals surface area contributed by atoms with Crippen LogP contribution in [0.2, 0.25) is 0 Å². The second-order valence-corrected chi connectivity index (χ2v) is 6.50. The van der Waals surface area contributed by atoms with Gasteiger partial charge in [0.1, 0.15) is 11.3 Å². The molecule has 0 unspecified atom stereocenters. The van der Waals surface area contributed by atoms with E-state index in [1.807, 2.05) is 24.3 Å². The van der Waals surface area contributed by atoms with Crippen LogP contribution < -0.4 is 5.32 Å². The molecule has 1 heterocycles. The summed E-state index contributed by atoms with van der Waals surface area (Å²) >= 11 is 3.48. The van der Waals surface area contributed by atoms with Gasteiger partial charge in [-0.15, -0.1) is 0 Å². The molecule has 1 N–H and O–H groups in total. The Morgan fingerprint density at radius 2 is 1.81 bits per heavy atom. The molecule has 4 rings (SSSR count). The van der Waals surface area contributed by atoms with Crippen molar-refractivity contribution in [1.29, 1.82) is 0 Å². The van der Waals surface area contributed by atoms with Crippen molar-refractivity contribution in [3.63, 3.8) is 0 Å². The predicted molar refractivity (Wildman–Crippen MR) is 101 cm³/mol. The number of aromatic nitrogens is 1. The van der Waals surface area contributed by atoms with Gasteiger partial charge in [0.05, 0.1) is 5.56 Å². The first-order chi connectivity index (χ1) is 12.6. The third-order valence-corrected chi connectivity index (χ3v) is 4.55. The van der Waals surface area contributed by atoms with Crippen LogP contribution in [0.15, 0.2) is 75.6 Å². The number of carbonyl (C=O) groups excluding carboxylic acids is 1. The normalized spacial score (nSPS) is 10.8. The number of benzene rings is 3. The Morgan fingerprint density at radius 1 is 1.04 bits per heavy atom. The number of anilines is 1. The third kappa shape index (κ3) is 3.23. The maximum Gasteiger partial charge on any atom is 0.255 e. The molecule has 26 heavy (non-hydrogen) atoms. The zero-order chi connectivity index (χ0) is 18.1. The lowest BCUT2D eigenvalue weighted by Crippen LogP contribution is -2.11. The van der Waals surface area contributed by atoms with Gasteiger partial charge in [0.2, 0.25) is 5.89 Å². The molecule has 0 aliphatic carbocycles. The van der Waals surface area contributed by atoms with Crippen molar-refractivity contribution >= 4 is 38.6 Å². The minimum absolute atomic E-state index is 0.320. The zero-order valence-corrected chi connectivity index (χ0v) is 15.0. The summed E-state index contributed by atoms with van der Waals surface area (Å²) in [6.45, 7) is 0. The molecule has 6 heteroatoms. The van der Waals surface area contributed by atoms with Crippen molar-refractivity contribution in [1.82, 2.24) is 4.98 Å². The minimum atomic E-state index is -0.384. The van der Waals surface area contributed by atoms with Crippen molar-refractivity contribution in [3.05, 3.63) is 82.6 Å². The number of carbonyl (C=O) groups is 1. The van der Waals surface area contributed by atoms with Crippen molar-refractivity contribution in [2.45, 2.75) is 0 Å². The number of nitrogens with one attached hydrogen (secondary N) is 1. The topological polar surface area (TPSA) is 55.1 Å². The highest BCUT2D eigenvalue weighted by molar-refractivity contribution is 9.10. The fourth-order valence-corrected chi connectivity index (χ4v) is 3.01. The lowest BCUT2D eigenvalue weighted by atomic mass is 10.2. The number of rotatable bonds is 3. The van der Waals surface area contributed by atoms with E-state index >= 15 is 0 Å². The lowest BCUT2D eigenvalue weighted by Gasteiger charge is -2.04. The number of amides is 1. The van der Waals surface area contributed by atoms with Gasteiger partial charge in [-0.3, -0.25) is 4.79 Å². The molecule has 3 aromatic carbocycles. The van der Waals surface area contributed by atoms with Crippen LogP contribution in [-0.2, 0) is 0 Å². The monoisotopic (exact) mass is 410 g/mol. The second-order valence-electron chi connectivity index (χ2n) is 5.64. The molecule has 0 saturated heterocycles. The summed E-state index contributed by atoms with van der Waals surface area (Å²) in [7, 11) is 0. The third-order valence-electron chi connectivity index (χ3n) is 3.86. The van der Waals surface area contributed by atoms with Gasteiger partial charge in [-0.2, -0.15) is 0 Å². The number of halogens is 2. The van der Waals surface area contributed by atoms with Gasteiger partial charge in [0.15, 0.2) is 5.58 Å². The Balaban J connectivity index is 1.62. The Bertz CT molecular complexity index is 1110. The van der Waals surface area contributed by atoms with Gasteiger partial charge < -0.3 is 9.73 Å². The molecule has 128 valence electrons. The van der Waals surface area contributed by atoms with E-state index < -0.39 is 0 Å². The maximum absolute atomic E-state index is 13.0. The van der Waals surface area contributed by atoms with Crippen LogP contribution in [-0.4, -0.2) is 10.9 Å². The van der Waals surface area contributed by atoms with Crippen LogP contribution in [0, 0.1) is 5.82 Å². The van der Waals surface area contributed by atoms with Crippen molar-refractivity contribution in [2.75, 3.05) is 5.32 Å². The predicted octanol–water partition coefficient (Wildman–Crippen LogP) is 5.65. The molecule has 1 aromatic heterocycles. The number of oxazole rings is 1. The summed E-state index contributed by atoms with van der Waals surface area (Å²) in [5.41, 5.74) is 3.06. The smallest absolute Gasteiger partial charge is 0.255 e. The number of fused-ring (bicyclic) bond motifs is 1. The molecular weight excluding hydrogens is 399 g/mol. The molecule has 0 fully saturated rings. The van der Waals surface area contributed by atoms with E-state index in [-0.39, 0.29) is 11.7 Å². The van der Waals surface area contributed by atoms with E-state index in [0.717, 1.165) is 10.0 Å². The van der Waals surface area contributed by atoms with Gasteiger partial charge in [0.25, 0.3) is 5.91 Å². The Kier molecular flexibility index (Phi) is 4.26. The number of hydrogen-bond donors (Lipinski definition) is 1. The van der Waals surface area contributed by atoms with E-state index in [1.165, 1.54) is 24.3 Å². The van der Waals surface area contributed by atoms with Crippen LogP contribution >= 0.6 is 15.9 Å². The lowest BCUT2D eigenvalue weighted by molar-refractivity contribution is 0.102. The summed E-state index contributed by atoms with van der Waals surface area (Å²) in [5.74, 6) is -0.210. The standard InChI is InChI=1S/C20H12BrFN2O2/c21-16-4-2-1-3-15(16)20-24-17-11-14(9-10-18(17)26-20)23-19(25)12-5-7-13(22)8-6-12/h1-11H,(H,23,25). The average molecular weight is 411 g/mol. The molecule has 0 aliphatic heterocycles. The fraction of sp³-hybridized carbons (Fsp3) is 0. The van der Waals surface area contributed by atoms with Gasteiger partial charge in [-0.1, -0.05) is 12.1 Å². The molecule has 0 aliphatic rings. The average Bonchev–Trinajstić information content (AvgIpc) is 3.05. The quantitative estimate of drug-likeness (QED) is 0.474. The first-order valence-corrected chi connectivity index (χ1v) is 8.62. The molecule has 0 atom stereocenters. The van der Waals surface area contributed by atoms with E-state index in [1.54, 1.807) is 18.2 Å². The van der Waals surface area contributed by atoms with E-state index in [2.05, 4.69) is 26.2 Å². The Morgan fingerprint density at radius 3 is 2.58 bits per heavy atom. The summed E-state index contributed by atoms with van der Waals surface area (Å²) in [6.07, 6.45) is 0. The van der Waals surface area contributed by atoms with Gasteiger partial charge in [-0.25, -0.2) is 9.37 Å². The van der Waals surface area contributed by atoms with Gasteiger partial charge in [0, 0.05) is 15.7 Å². The second kappa shape index (κ2) is 6.72. The highest BCUT2D eigenvalue weighted by Gasteiger charge is 2.12. The molecular formula is C20H12BrFN2O2. The van der Waals surface area contributed by atoms with Crippen LogP contribution in [0.4, 0.5) is 10.1 Å². The molecule has 0 spiro atoms. The SMILES string of the molecule is O=C(Nc1ccc2oc(-c3ccccc3Br)nc2c1)c1ccc(F)cc1. The summed E-state index contributed by atoms with van der Waals surface area (Å²) in [4.78, 5) is 16.7. The zero-order valence-electron chi connectivity index (χ0n) is 13.4. The molecule has 0 bridgehead atoms. The maximum atomic E-state index is 13.0. The van der Waals surface area contributed by atoms with Gasteiger partial charge >= 0.3 is 0 Å². The molecule has 1 amide bonds. The van der Waals surface area contributed by atoms with E-state index in [9.17, 15) is 9.18 Å². The van der Waals surface area contributed by atoms with Crippen LogP contribution in [0.3, 0.4) is 0 Å². The molecule has 0 saturated carbocycles. The summed E-state index contributed by atoms with van der Waals surface area (Å²) in [5, 5.41) is 2.78.